The smallest absolute Gasteiger partial charge is 0.178 e. The number of rotatable bonds is 4. The third-order valence-corrected chi connectivity index (χ3v) is 4.01. The fraction of sp³-hybridized carbons (Fsp3) is 0.200. The van der Waals surface area contributed by atoms with E-state index in [0.717, 1.165) is 16.0 Å². The quantitative estimate of drug-likeness (QED) is 0.752. The molecule has 0 spiro atoms. The number of hydrogen-bond acceptors (Lipinski definition) is 4. The van der Waals surface area contributed by atoms with Crippen molar-refractivity contribution in [1.29, 1.82) is 0 Å². The van der Waals surface area contributed by atoms with E-state index in [1.54, 1.807) is 12.5 Å². The molecular formula is C15H15N3O2S. The lowest BCUT2D eigenvalue weighted by Gasteiger charge is -2.11. The van der Waals surface area contributed by atoms with Crippen molar-refractivity contribution in [2.45, 2.75) is 11.8 Å². The van der Waals surface area contributed by atoms with Gasteiger partial charge in [-0.05, 0) is 42.4 Å². The minimum atomic E-state index is -1.06. The molecule has 1 unspecified atom stereocenters. The second-order valence-corrected chi connectivity index (χ2v) is 5.88. The van der Waals surface area contributed by atoms with Gasteiger partial charge in [0.25, 0.3) is 0 Å². The molecular weight excluding hydrogens is 286 g/mol. The lowest BCUT2D eigenvalue weighted by Crippen LogP contribution is -2.00. The summed E-state index contributed by atoms with van der Waals surface area (Å²) in [6.45, 7) is 2.48. The number of benzene rings is 1. The van der Waals surface area contributed by atoms with E-state index in [2.05, 4.69) is 15.0 Å². The number of nitrogens with one attached hydrogen (secondary N) is 1. The Labute approximate surface area is 125 Å². The zero-order chi connectivity index (χ0) is 14.8. The Hall–Kier alpha value is -2.05. The maximum Gasteiger partial charge on any atom is 0.178 e. The van der Waals surface area contributed by atoms with E-state index in [9.17, 15) is 4.55 Å². The molecule has 2 aromatic heterocycles. The lowest BCUT2D eigenvalue weighted by atomic mass is 10.2. The molecule has 0 aliphatic heterocycles. The first kappa shape index (κ1) is 13.9. The molecule has 3 aromatic rings. The van der Waals surface area contributed by atoms with Crippen LogP contribution in [0.1, 0.15) is 6.92 Å². The van der Waals surface area contributed by atoms with Crippen LogP contribution in [0, 0.1) is 0 Å². The summed E-state index contributed by atoms with van der Waals surface area (Å²) in [5.74, 6) is 1.38. The summed E-state index contributed by atoms with van der Waals surface area (Å²) in [5, 5.41) is 0. The Kier molecular flexibility index (Phi) is 3.81. The van der Waals surface area contributed by atoms with Crippen molar-refractivity contribution in [3.05, 3.63) is 36.5 Å². The molecule has 1 aromatic carbocycles. The fourth-order valence-electron chi connectivity index (χ4n) is 2.13. The van der Waals surface area contributed by atoms with Crippen LogP contribution in [-0.4, -0.2) is 32.4 Å². The maximum atomic E-state index is 11.7. The van der Waals surface area contributed by atoms with Gasteiger partial charge in [0.2, 0.25) is 0 Å². The van der Waals surface area contributed by atoms with Crippen molar-refractivity contribution in [2.24, 2.45) is 0 Å². The molecule has 0 saturated heterocycles. The van der Waals surface area contributed by atoms with Crippen LogP contribution in [0.2, 0.25) is 0 Å². The molecule has 2 heterocycles. The predicted octanol–water partition coefficient (Wildman–Crippen LogP) is 2.76. The van der Waals surface area contributed by atoms with Crippen LogP contribution in [0.5, 0.6) is 5.75 Å². The van der Waals surface area contributed by atoms with Crippen LogP contribution in [-0.2, 0) is 11.2 Å². The number of imidazole rings is 1. The zero-order valence-electron chi connectivity index (χ0n) is 11.8. The molecule has 0 aliphatic rings. The van der Waals surface area contributed by atoms with E-state index < -0.39 is 11.2 Å². The third-order valence-electron chi connectivity index (χ3n) is 3.10. The predicted molar refractivity (Wildman–Crippen MR) is 82.8 cm³/mol. The first-order valence-electron chi connectivity index (χ1n) is 6.60. The van der Waals surface area contributed by atoms with Crippen LogP contribution < -0.4 is 4.74 Å². The number of aromatic amines is 1. The summed E-state index contributed by atoms with van der Waals surface area (Å²) >= 11 is -1.06. The summed E-state index contributed by atoms with van der Waals surface area (Å²) in [7, 11) is 0. The largest absolute Gasteiger partial charge is 0.612 e. The normalized spacial score (nSPS) is 12.5. The van der Waals surface area contributed by atoms with Crippen LogP contribution in [0.25, 0.3) is 22.6 Å². The van der Waals surface area contributed by atoms with E-state index in [4.69, 9.17) is 4.74 Å². The molecule has 1 atom stereocenters. The van der Waals surface area contributed by atoms with Crippen molar-refractivity contribution >= 4 is 22.3 Å². The Morgan fingerprint density at radius 2 is 2.19 bits per heavy atom. The minimum absolute atomic E-state index is 0.556. The standard InChI is InChI=1S/C15H15N3O2S/c1-3-20-13-7-6-10(21(2)19)9-11(13)14-17-12-5-4-8-16-15(12)18-14/h4-9H,3H2,1-2H3,(H,16,17,18). The van der Waals surface area contributed by atoms with Gasteiger partial charge in [-0.2, -0.15) is 0 Å². The molecule has 5 nitrogen and oxygen atoms in total. The van der Waals surface area contributed by atoms with Gasteiger partial charge in [-0.3, -0.25) is 0 Å². The summed E-state index contributed by atoms with van der Waals surface area (Å²) in [4.78, 5) is 12.7. The molecule has 0 bridgehead atoms. The summed E-state index contributed by atoms with van der Waals surface area (Å²) < 4.78 is 17.3. The molecule has 0 saturated carbocycles. The van der Waals surface area contributed by atoms with E-state index in [1.165, 1.54) is 0 Å². The highest BCUT2D eigenvalue weighted by molar-refractivity contribution is 7.90. The van der Waals surface area contributed by atoms with Gasteiger partial charge in [-0.15, -0.1) is 0 Å². The molecule has 0 amide bonds. The second-order valence-electron chi connectivity index (χ2n) is 4.51. The SMILES string of the molecule is CCOc1ccc([S+](C)[O-])cc1-c1nc2ncccc2[nH]1. The third kappa shape index (κ3) is 2.72. The summed E-state index contributed by atoms with van der Waals surface area (Å²) in [5.41, 5.74) is 2.30. The number of pyridine rings is 1. The number of ether oxygens (including phenoxy) is 1. The molecule has 6 heteroatoms. The van der Waals surface area contributed by atoms with E-state index >= 15 is 0 Å². The van der Waals surface area contributed by atoms with Crippen molar-refractivity contribution in [2.75, 3.05) is 12.9 Å². The molecule has 0 aliphatic carbocycles. The van der Waals surface area contributed by atoms with Gasteiger partial charge >= 0.3 is 0 Å². The number of nitrogens with zero attached hydrogens (tertiary/aromatic N) is 2. The highest BCUT2D eigenvalue weighted by atomic mass is 32.2. The summed E-state index contributed by atoms with van der Waals surface area (Å²) in [6.07, 6.45) is 3.35. The Morgan fingerprint density at radius 1 is 1.33 bits per heavy atom. The molecule has 0 radical (unpaired) electrons. The van der Waals surface area contributed by atoms with E-state index in [0.29, 0.717) is 23.8 Å². The first-order chi connectivity index (χ1) is 10.2. The Morgan fingerprint density at radius 3 is 2.90 bits per heavy atom. The van der Waals surface area contributed by atoms with Crippen molar-refractivity contribution in [3.8, 4) is 17.1 Å². The maximum absolute atomic E-state index is 11.7. The Bertz CT molecular complexity index is 737. The molecule has 0 fully saturated rings. The zero-order valence-corrected chi connectivity index (χ0v) is 12.6. The van der Waals surface area contributed by atoms with Gasteiger partial charge in [0.15, 0.2) is 10.5 Å². The van der Waals surface area contributed by atoms with Crippen LogP contribution in [0.3, 0.4) is 0 Å². The highest BCUT2D eigenvalue weighted by Gasteiger charge is 2.15. The monoisotopic (exact) mass is 301 g/mol. The topological polar surface area (TPSA) is 73.9 Å². The van der Waals surface area contributed by atoms with E-state index in [-0.39, 0.29) is 0 Å². The first-order valence-corrected chi connectivity index (χ1v) is 8.16. The fourth-order valence-corrected chi connectivity index (χ4v) is 2.67. The molecule has 1 N–H and O–H groups in total. The van der Waals surface area contributed by atoms with Gasteiger partial charge in [0.05, 0.1) is 17.7 Å². The number of H-pyrrole nitrogens is 1. The molecule has 3 rings (SSSR count). The summed E-state index contributed by atoms with van der Waals surface area (Å²) in [6, 6.07) is 9.26. The average Bonchev–Trinajstić information content (AvgIpc) is 2.91. The van der Waals surface area contributed by atoms with Crippen LogP contribution >= 0.6 is 0 Å². The van der Waals surface area contributed by atoms with Crippen molar-refractivity contribution in [3.63, 3.8) is 0 Å². The van der Waals surface area contributed by atoms with Gasteiger partial charge in [0.1, 0.15) is 17.8 Å². The van der Waals surface area contributed by atoms with Gasteiger partial charge in [-0.25, -0.2) is 9.97 Å². The Balaban J connectivity index is 2.15. The van der Waals surface area contributed by atoms with Gasteiger partial charge in [-0.1, -0.05) is 0 Å². The number of hydrogen-bond donors (Lipinski definition) is 1. The van der Waals surface area contributed by atoms with E-state index in [1.807, 2.05) is 37.3 Å². The highest BCUT2D eigenvalue weighted by Crippen LogP contribution is 2.31. The van der Waals surface area contributed by atoms with Crippen molar-refractivity contribution < 1.29 is 9.29 Å². The van der Waals surface area contributed by atoms with Crippen molar-refractivity contribution in [1.82, 2.24) is 15.0 Å². The van der Waals surface area contributed by atoms with Gasteiger partial charge in [0, 0.05) is 12.3 Å². The molecule has 108 valence electrons. The second kappa shape index (κ2) is 5.75. The van der Waals surface area contributed by atoms with Gasteiger partial charge < -0.3 is 14.3 Å². The van der Waals surface area contributed by atoms with Crippen LogP contribution in [0.4, 0.5) is 0 Å². The van der Waals surface area contributed by atoms with Crippen LogP contribution in [0.15, 0.2) is 41.4 Å². The number of fused-ring (bicyclic) bond motifs is 1. The number of aromatic nitrogens is 3. The average molecular weight is 301 g/mol. The minimum Gasteiger partial charge on any atom is -0.612 e. The lowest BCUT2D eigenvalue weighted by molar-refractivity contribution is 0.341. The molecule has 21 heavy (non-hydrogen) atoms.